The van der Waals surface area contributed by atoms with E-state index in [2.05, 4.69) is 9.88 Å². The molecular weight excluding hydrogens is 332 g/mol. The van der Waals surface area contributed by atoms with Gasteiger partial charge in [-0.2, -0.15) is 0 Å². The maximum Gasteiger partial charge on any atom is 0.265 e. The lowest BCUT2D eigenvalue weighted by molar-refractivity contribution is 0.0758. The largest absolute Gasteiger partial charge is 0.442 e. The van der Waals surface area contributed by atoms with Crippen LogP contribution in [0.2, 0.25) is 0 Å². The van der Waals surface area contributed by atoms with Crippen molar-refractivity contribution in [3.63, 3.8) is 0 Å². The summed E-state index contributed by atoms with van der Waals surface area (Å²) in [6, 6.07) is 0.679. The fraction of sp³-hybridized carbons (Fsp3) is 0.632. The van der Waals surface area contributed by atoms with Crippen molar-refractivity contribution >= 4 is 17.0 Å². The molecule has 26 heavy (non-hydrogen) atoms. The van der Waals surface area contributed by atoms with E-state index in [9.17, 15) is 9.59 Å². The summed E-state index contributed by atoms with van der Waals surface area (Å²) in [4.78, 5) is 34.3. The second kappa shape index (κ2) is 6.87. The number of hydrogen-bond acceptors (Lipinski definition) is 5. The topological polar surface area (TPSA) is 71.6 Å². The van der Waals surface area contributed by atoms with Gasteiger partial charge in [0.1, 0.15) is 17.5 Å². The van der Waals surface area contributed by atoms with Crippen LogP contribution in [-0.4, -0.2) is 57.5 Å². The van der Waals surface area contributed by atoms with Crippen LogP contribution in [0.1, 0.15) is 48.2 Å². The van der Waals surface area contributed by atoms with Crippen LogP contribution < -0.4 is 5.56 Å². The molecule has 0 N–H and O–H groups in total. The number of nitrogens with zero attached hydrogens (tertiary/aromatic N) is 4. The fourth-order valence-corrected chi connectivity index (χ4v) is 4.38. The molecule has 1 saturated heterocycles. The Morgan fingerprint density at radius 1 is 1.15 bits per heavy atom. The lowest BCUT2D eigenvalue weighted by Crippen LogP contribution is -2.38. The molecule has 0 unspecified atom stereocenters. The Labute approximate surface area is 152 Å². The van der Waals surface area contributed by atoms with Crippen molar-refractivity contribution in [2.45, 2.75) is 45.1 Å². The minimum absolute atomic E-state index is 0.111. The third kappa shape index (κ3) is 2.94. The first kappa shape index (κ1) is 17.3. The minimum atomic E-state index is -0.238. The summed E-state index contributed by atoms with van der Waals surface area (Å²) < 4.78 is 6.99. The van der Waals surface area contributed by atoms with Gasteiger partial charge in [-0.3, -0.25) is 14.5 Å². The van der Waals surface area contributed by atoms with Crippen molar-refractivity contribution in [2.24, 2.45) is 7.05 Å². The normalized spacial score (nSPS) is 20.0. The predicted molar refractivity (Wildman–Crippen MR) is 98.3 cm³/mol. The maximum absolute atomic E-state index is 13.2. The van der Waals surface area contributed by atoms with E-state index >= 15 is 0 Å². The van der Waals surface area contributed by atoms with Gasteiger partial charge in [0.15, 0.2) is 0 Å². The van der Waals surface area contributed by atoms with E-state index in [0.29, 0.717) is 29.3 Å². The van der Waals surface area contributed by atoms with E-state index in [1.165, 1.54) is 36.6 Å². The van der Waals surface area contributed by atoms with Crippen LogP contribution in [0.4, 0.5) is 0 Å². The third-order valence-electron chi connectivity index (χ3n) is 5.82. The standard InChI is InChI=1S/C19H26N4O3/c1-13-15(16-17(26-13)20-12-21(2)18(16)24)19(25)23-9-5-8-22(10-11-23)14-6-3-4-7-14/h12,14H,3-11H2,1-2H3. The van der Waals surface area contributed by atoms with E-state index < -0.39 is 0 Å². The summed E-state index contributed by atoms with van der Waals surface area (Å²) in [5.41, 5.74) is 0.386. The van der Waals surface area contributed by atoms with Crippen molar-refractivity contribution in [1.29, 1.82) is 0 Å². The van der Waals surface area contributed by atoms with Crippen molar-refractivity contribution in [2.75, 3.05) is 26.2 Å². The smallest absolute Gasteiger partial charge is 0.265 e. The van der Waals surface area contributed by atoms with Crippen LogP contribution in [0.25, 0.3) is 11.1 Å². The molecule has 1 saturated carbocycles. The number of rotatable bonds is 2. The number of aromatic nitrogens is 2. The van der Waals surface area contributed by atoms with Crippen LogP contribution in [0.5, 0.6) is 0 Å². The molecule has 2 aromatic rings. The zero-order valence-corrected chi connectivity index (χ0v) is 15.5. The molecule has 1 aliphatic carbocycles. The molecule has 4 rings (SSSR count). The van der Waals surface area contributed by atoms with Gasteiger partial charge in [0.2, 0.25) is 5.71 Å². The summed E-state index contributed by atoms with van der Waals surface area (Å²) >= 11 is 0. The molecule has 140 valence electrons. The first-order valence-electron chi connectivity index (χ1n) is 9.54. The summed E-state index contributed by atoms with van der Waals surface area (Å²) in [6.45, 7) is 5.10. The van der Waals surface area contributed by atoms with Gasteiger partial charge in [-0.1, -0.05) is 12.8 Å². The summed E-state index contributed by atoms with van der Waals surface area (Å²) in [5, 5.41) is 0.300. The Hall–Kier alpha value is -2.15. The molecule has 0 radical (unpaired) electrons. The van der Waals surface area contributed by atoms with E-state index in [-0.39, 0.29) is 17.2 Å². The minimum Gasteiger partial charge on any atom is -0.442 e. The van der Waals surface area contributed by atoms with Crippen molar-refractivity contribution < 1.29 is 9.21 Å². The molecule has 0 spiro atoms. The summed E-state index contributed by atoms with van der Waals surface area (Å²) in [6.07, 6.45) is 7.59. The van der Waals surface area contributed by atoms with Crippen LogP contribution in [0, 0.1) is 6.92 Å². The van der Waals surface area contributed by atoms with Crippen LogP contribution in [0.15, 0.2) is 15.5 Å². The Bertz CT molecular complexity index is 879. The van der Waals surface area contributed by atoms with Gasteiger partial charge in [-0.05, 0) is 26.2 Å². The number of carbonyl (C=O) groups excluding carboxylic acids is 1. The Morgan fingerprint density at radius 2 is 1.92 bits per heavy atom. The number of fused-ring (bicyclic) bond motifs is 1. The highest BCUT2D eigenvalue weighted by atomic mass is 16.3. The molecule has 2 aliphatic rings. The molecule has 3 heterocycles. The zero-order chi connectivity index (χ0) is 18.3. The lowest BCUT2D eigenvalue weighted by Gasteiger charge is -2.27. The molecule has 2 aromatic heterocycles. The van der Waals surface area contributed by atoms with Gasteiger partial charge in [0.25, 0.3) is 11.5 Å². The second-order valence-electron chi connectivity index (χ2n) is 7.49. The van der Waals surface area contributed by atoms with Gasteiger partial charge in [0, 0.05) is 39.3 Å². The molecule has 7 nitrogen and oxygen atoms in total. The summed E-state index contributed by atoms with van der Waals surface area (Å²) in [5.74, 6) is 0.359. The monoisotopic (exact) mass is 358 g/mol. The first-order chi connectivity index (χ1) is 12.6. The fourth-order valence-electron chi connectivity index (χ4n) is 4.38. The van der Waals surface area contributed by atoms with E-state index in [1.54, 1.807) is 14.0 Å². The highest BCUT2D eigenvalue weighted by Gasteiger charge is 2.30. The Morgan fingerprint density at radius 3 is 2.69 bits per heavy atom. The second-order valence-corrected chi connectivity index (χ2v) is 7.49. The number of carbonyl (C=O) groups is 1. The number of hydrogen-bond donors (Lipinski definition) is 0. The number of furan rings is 1. The van der Waals surface area contributed by atoms with E-state index in [1.807, 2.05) is 4.90 Å². The first-order valence-corrected chi connectivity index (χ1v) is 9.54. The Kier molecular flexibility index (Phi) is 4.56. The predicted octanol–water partition coefficient (Wildman–Crippen LogP) is 1.93. The van der Waals surface area contributed by atoms with Gasteiger partial charge in [0.05, 0.1) is 5.56 Å². The van der Waals surface area contributed by atoms with Crippen LogP contribution in [-0.2, 0) is 7.05 Å². The van der Waals surface area contributed by atoms with Crippen LogP contribution >= 0.6 is 0 Å². The highest BCUT2D eigenvalue weighted by Crippen LogP contribution is 2.26. The van der Waals surface area contributed by atoms with E-state index in [0.717, 1.165) is 26.1 Å². The maximum atomic E-state index is 13.2. The molecule has 2 fully saturated rings. The van der Waals surface area contributed by atoms with Crippen molar-refractivity contribution in [1.82, 2.24) is 19.4 Å². The van der Waals surface area contributed by atoms with Crippen molar-refractivity contribution in [3.8, 4) is 0 Å². The van der Waals surface area contributed by atoms with E-state index in [4.69, 9.17) is 4.42 Å². The van der Waals surface area contributed by atoms with Gasteiger partial charge < -0.3 is 13.9 Å². The molecule has 1 amide bonds. The zero-order valence-electron chi connectivity index (χ0n) is 15.5. The lowest BCUT2D eigenvalue weighted by atomic mass is 10.1. The Balaban J connectivity index is 1.60. The number of aryl methyl sites for hydroxylation is 2. The van der Waals surface area contributed by atoms with Gasteiger partial charge in [-0.15, -0.1) is 0 Å². The highest BCUT2D eigenvalue weighted by molar-refractivity contribution is 6.06. The van der Waals surface area contributed by atoms with Gasteiger partial charge >= 0.3 is 0 Å². The molecule has 0 aromatic carbocycles. The van der Waals surface area contributed by atoms with Crippen LogP contribution in [0.3, 0.4) is 0 Å². The molecular formula is C19H26N4O3. The molecule has 7 heteroatoms. The van der Waals surface area contributed by atoms with Crippen molar-refractivity contribution in [3.05, 3.63) is 28.0 Å². The molecule has 0 bridgehead atoms. The average Bonchev–Trinajstić information content (AvgIpc) is 3.19. The quantitative estimate of drug-likeness (QED) is 0.820. The molecule has 0 atom stereocenters. The number of amides is 1. The third-order valence-corrected chi connectivity index (χ3v) is 5.82. The SMILES string of the molecule is Cc1oc2ncn(C)c(=O)c2c1C(=O)N1CCCN(C2CCCC2)CC1. The average molecular weight is 358 g/mol. The van der Waals surface area contributed by atoms with Gasteiger partial charge in [-0.25, -0.2) is 4.98 Å². The summed E-state index contributed by atoms with van der Waals surface area (Å²) in [7, 11) is 1.64. The molecule has 1 aliphatic heterocycles.